The fraction of sp³-hybridized carbons (Fsp3) is 0.524. The van der Waals surface area contributed by atoms with Crippen LogP contribution in [0.1, 0.15) is 38.2 Å². The van der Waals surface area contributed by atoms with Crippen LogP contribution in [0, 0.1) is 0 Å². The third-order valence-electron chi connectivity index (χ3n) is 4.25. The van der Waals surface area contributed by atoms with Gasteiger partial charge >= 0.3 is 17.9 Å². The van der Waals surface area contributed by atoms with Crippen LogP contribution < -0.4 is 10.1 Å². The minimum Gasteiger partial charge on any atom is -0.494 e. The van der Waals surface area contributed by atoms with Gasteiger partial charge in [-0.3, -0.25) is 14.5 Å². The number of nitrogens with zero attached hydrogens (tertiary/aromatic N) is 1. The van der Waals surface area contributed by atoms with Crippen LogP contribution in [0.4, 0.5) is 0 Å². The van der Waals surface area contributed by atoms with Gasteiger partial charge in [-0.25, -0.2) is 9.59 Å². The SMILES string of the molecule is CC(=O)OCC(=O)NCCCOc1cccc(CN2CCCCC2)c1.O=C(O)C(=O)O. The second-order valence-electron chi connectivity index (χ2n) is 6.93. The lowest BCUT2D eigenvalue weighted by molar-refractivity contribution is -0.159. The predicted molar refractivity (Wildman–Crippen MR) is 111 cm³/mol. The van der Waals surface area contributed by atoms with E-state index >= 15 is 0 Å². The Balaban J connectivity index is 0.000000703. The van der Waals surface area contributed by atoms with E-state index in [9.17, 15) is 9.59 Å². The Labute approximate surface area is 181 Å². The second-order valence-corrected chi connectivity index (χ2v) is 6.93. The molecule has 2 rings (SSSR count). The van der Waals surface area contributed by atoms with Crippen molar-refractivity contribution in [3.63, 3.8) is 0 Å². The minimum atomic E-state index is -1.82. The quantitative estimate of drug-likeness (QED) is 0.295. The first-order chi connectivity index (χ1) is 14.8. The maximum atomic E-state index is 11.4. The van der Waals surface area contributed by atoms with Crippen molar-refractivity contribution in [3.05, 3.63) is 29.8 Å². The summed E-state index contributed by atoms with van der Waals surface area (Å²) < 4.78 is 10.4. The summed E-state index contributed by atoms with van der Waals surface area (Å²) in [5, 5.41) is 17.5. The predicted octanol–water partition coefficient (Wildman–Crippen LogP) is 1.28. The molecule has 0 bridgehead atoms. The molecular weight excluding hydrogens is 408 g/mol. The molecule has 0 unspecified atom stereocenters. The number of carboxylic acids is 2. The molecule has 1 saturated heterocycles. The molecule has 1 fully saturated rings. The van der Waals surface area contributed by atoms with Gasteiger partial charge in [-0.2, -0.15) is 0 Å². The highest BCUT2D eigenvalue weighted by Gasteiger charge is 2.10. The van der Waals surface area contributed by atoms with Gasteiger partial charge in [-0.1, -0.05) is 18.6 Å². The third-order valence-corrected chi connectivity index (χ3v) is 4.25. The fourth-order valence-corrected chi connectivity index (χ4v) is 2.82. The van der Waals surface area contributed by atoms with Crippen LogP contribution in [0.2, 0.25) is 0 Å². The number of hydrogen-bond acceptors (Lipinski definition) is 7. The molecule has 0 spiro atoms. The molecule has 10 heteroatoms. The molecule has 172 valence electrons. The number of rotatable bonds is 9. The number of carboxylic acid groups (broad SMARTS) is 2. The summed E-state index contributed by atoms with van der Waals surface area (Å²) in [6.07, 6.45) is 4.62. The van der Waals surface area contributed by atoms with Crippen molar-refractivity contribution in [2.75, 3.05) is 32.8 Å². The van der Waals surface area contributed by atoms with Crippen LogP contribution in [-0.4, -0.2) is 71.8 Å². The molecule has 0 aromatic heterocycles. The summed E-state index contributed by atoms with van der Waals surface area (Å²) in [6, 6.07) is 8.21. The van der Waals surface area contributed by atoms with E-state index in [-0.39, 0.29) is 12.5 Å². The number of carbonyl (C=O) groups is 4. The summed E-state index contributed by atoms with van der Waals surface area (Å²) in [5.41, 5.74) is 1.27. The number of nitrogens with one attached hydrogen (secondary N) is 1. The van der Waals surface area contributed by atoms with E-state index in [2.05, 4.69) is 27.1 Å². The number of likely N-dealkylation sites (tertiary alicyclic amines) is 1. The first kappa shape index (κ1) is 25.9. The van der Waals surface area contributed by atoms with Gasteiger partial charge in [0, 0.05) is 20.0 Å². The Morgan fingerprint density at radius 1 is 1.06 bits per heavy atom. The van der Waals surface area contributed by atoms with Gasteiger partial charge in [-0.05, 0) is 50.0 Å². The molecule has 10 nitrogen and oxygen atoms in total. The highest BCUT2D eigenvalue weighted by atomic mass is 16.5. The molecule has 3 N–H and O–H groups in total. The molecule has 31 heavy (non-hydrogen) atoms. The molecule has 0 atom stereocenters. The first-order valence-electron chi connectivity index (χ1n) is 10.1. The maximum absolute atomic E-state index is 11.4. The summed E-state index contributed by atoms with van der Waals surface area (Å²) >= 11 is 0. The number of hydrogen-bond donors (Lipinski definition) is 3. The van der Waals surface area contributed by atoms with Gasteiger partial charge in [0.15, 0.2) is 6.61 Å². The average Bonchev–Trinajstić information content (AvgIpc) is 2.73. The van der Waals surface area contributed by atoms with Crippen molar-refractivity contribution < 1.29 is 38.9 Å². The van der Waals surface area contributed by atoms with Crippen LogP contribution in [0.3, 0.4) is 0 Å². The Bertz CT molecular complexity index is 720. The van der Waals surface area contributed by atoms with E-state index in [0.29, 0.717) is 19.6 Å². The molecule has 0 radical (unpaired) electrons. The van der Waals surface area contributed by atoms with Gasteiger partial charge in [0.2, 0.25) is 0 Å². The van der Waals surface area contributed by atoms with Gasteiger partial charge in [0.05, 0.1) is 6.61 Å². The van der Waals surface area contributed by atoms with Crippen LogP contribution >= 0.6 is 0 Å². The summed E-state index contributed by atoms with van der Waals surface area (Å²) in [4.78, 5) is 42.7. The average molecular weight is 438 g/mol. The maximum Gasteiger partial charge on any atom is 0.414 e. The van der Waals surface area contributed by atoms with Crippen molar-refractivity contribution in [2.45, 2.75) is 39.2 Å². The Morgan fingerprint density at radius 2 is 1.74 bits per heavy atom. The second kappa shape index (κ2) is 14.8. The van der Waals surface area contributed by atoms with Crippen molar-refractivity contribution >= 4 is 23.8 Å². The van der Waals surface area contributed by atoms with E-state index in [0.717, 1.165) is 12.3 Å². The zero-order valence-electron chi connectivity index (χ0n) is 17.7. The molecule has 0 saturated carbocycles. The number of aliphatic carboxylic acids is 2. The molecule has 1 aliphatic heterocycles. The van der Waals surface area contributed by atoms with Crippen LogP contribution in [0.15, 0.2) is 24.3 Å². The van der Waals surface area contributed by atoms with E-state index in [1.165, 1.54) is 44.8 Å². The van der Waals surface area contributed by atoms with Crippen LogP contribution in [-0.2, 0) is 30.5 Å². The van der Waals surface area contributed by atoms with Crippen molar-refractivity contribution in [2.24, 2.45) is 0 Å². The molecule has 1 aromatic rings. The number of amides is 1. The van der Waals surface area contributed by atoms with E-state index in [4.69, 9.17) is 24.5 Å². The number of ether oxygens (including phenoxy) is 2. The van der Waals surface area contributed by atoms with Crippen LogP contribution in [0.25, 0.3) is 0 Å². The van der Waals surface area contributed by atoms with E-state index in [1.807, 2.05) is 12.1 Å². The minimum absolute atomic E-state index is 0.227. The van der Waals surface area contributed by atoms with E-state index in [1.54, 1.807) is 0 Å². The summed E-state index contributed by atoms with van der Waals surface area (Å²) in [6.45, 7) is 5.41. The largest absolute Gasteiger partial charge is 0.494 e. The topological polar surface area (TPSA) is 142 Å². The van der Waals surface area contributed by atoms with Crippen molar-refractivity contribution in [1.82, 2.24) is 10.2 Å². The van der Waals surface area contributed by atoms with Gasteiger partial charge in [-0.15, -0.1) is 0 Å². The molecule has 1 aromatic carbocycles. The van der Waals surface area contributed by atoms with Crippen LogP contribution in [0.5, 0.6) is 5.75 Å². The van der Waals surface area contributed by atoms with E-state index < -0.39 is 17.9 Å². The Hall–Kier alpha value is -3.14. The first-order valence-corrected chi connectivity index (χ1v) is 10.1. The number of piperidine rings is 1. The highest BCUT2D eigenvalue weighted by molar-refractivity contribution is 6.27. The zero-order valence-corrected chi connectivity index (χ0v) is 17.7. The molecule has 0 aliphatic carbocycles. The monoisotopic (exact) mass is 438 g/mol. The van der Waals surface area contributed by atoms with Gasteiger partial charge < -0.3 is 25.0 Å². The Kier molecular flexibility index (Phi) is 12.3. The standard InChI is InChI=1S/C19H28N2O4.C2H2O4/c1-16(22)25-15-19(23)20-9-6-12-24-18-8-5-7-17(13-18)14-21-10-3-2-4-11-21;3-1(4)2(5)6/h5,7-8,13H,2-4,6,9-12,14-15H2,1H3,(H,20,23);(H,3,4)(H,5,6). The smallest absolute Gasteiger partial charge is 0.414 e. The number of carbonyl (C=O) groups excluding carboxylic acids is 2. The molecule has 1 aliphatic rings. The molecule has 1 amide bonds. The zero-order chi connectivity index (χ0) is 23.1. The van der Waals surface area contributed by atoms with Gasteiger partial charge in [0.1, 0.15) is 5.75 Å². The van der Waals surface area contributed by atoms with Gasteiger partial charge in [0.25, 0.3) is 5.91 Å². The summed E-state index contributed by atoms with van der Waals surface area (Å²) in [5.74, 6) is -3.53. The summed E-state index contributed by atoms with van der Waals surface area (Å²) in [7, 11) is 0. The van der Waals surface area contributed by atoms with Crippen molar-refractivity contribution in [1.29, 1.82) is 0 Å². The number of esters is 1. The lowest BCUT2D eigenvalue weighted by Gasteiger charge is -2.26. The molecule has 1 heterocycles. The highest BCUT2D eigenvalue weighted by Crippen LogP contribution is 2.17. The third kappa shape index (κ3) is 12.9. The van der Waals surface area contributed by atoms with Crippen molar-refractivity contribution in [3.8, 4) is 5.75 Å². The molecular formula is C21H30N2O8. The number of benzene rings is 1. The lowest BCUT2D eigenvalue weighted by Crippen LogP contribution is -2.30. The Morgan fingerprint density at radius 3 is 2.35 bits per heavy atom. The fourth-order valence-electron chi connectivity index (χ4n) is 2.82. The normalized spacial score (nSPS) is 13.3. The lowest BCUT2D eigenvalue weighted by atomic mass is 10.1.